The predicted octanol–water partition coefficient (Wildman–Crippen LogP) is 3.63. The van der Waals surface area contributed by atoms with E-state index < -0.39 is 15.8 Å². The van der Waals surface area contributed by atoms with Gasteiger partial charge in [0.2, 0.25) is 15.9 Å². The maximum absolute atomic E-state index is 13.6. The Balaban J connectivity index is 2.03. The van der Waals surface area contributed by atoms with Gasteiger partial charge in [-0.3, -0.25) is 9.10 Å². The van der Waals surface area contributed by atoms with Gasteiger partial charge in [-0.1, -0.05) is 24.3 Å². The Hall–Kier alpha value is -2.41. The molecule has 1 N–H and O–H groups in total. The Morgan fingerprint density at radius 2 is 1.81 bits per heavy atom. The van der Waals surface area contributed by atoms with Crippen LogP contribution >= 0.6 is 0 Å². The first-order valence-electron chi connectivity index (χ1n) is 8.28. The molecule has 0 aromatic heterocycles. The largest absolute Gasteiger partial charge is 0.324 e. The van der Waals surface area contributed by atoms with Gasteiger partial charge in [0.1, 0.15) is 5.82 Å². The molecule has 1 amide bonds. The molecule has 0 radical (unpaired) electrons. The molecule has 140 valence electrons. The molecule has 5 nitrogen and oxygen atoms in total. The van der Waals surface area contributed by atoms with Crippen LogP contribution in [-0.2, 0) is 14.8 Å². The van der Waals surface area contributed by atoms with Crippen LogP contribution in [0.1, 0.15) is 24.0 Å². The number of amides is 1. The van der Waals surface area contributed by atoms with Gasteiger partial charge in [-0.2, -0.15) is 0 Å². The van der Waals surface area contributed by atoms with Crippen molar-refractivity contribution in [2.45, 2.75) is 26.7 Å². The van der Waals surface area contributed by atoms with Crippen LogP contribution in [0.2, 0.25) is 0 Å². The van der Waals surface area contributed by atoms with Gasteiger partial charge in [0.05, 0.1) is 17.6 Å². The zero-order valence-corrected chi connectivity index (χ0v) is 15.9. The average Bonchev–Trinajstić information content (AvgIpc) is 2.56. The molecule has 2 aromatic rings. The van der Waals surface area contributed by atoms with E-state index in [1.165, 1.54) is 16.4 Å². The van der Waals surface area contributed by atoms with Crippen molar-refractivity contribution in [3.8, 4) is 0 Å². The maximum Gasteiger partial charge on any atom is 0.232 e. The summed E-state index contributed by atoms with van der Waals surface area (Å²) >= 11 is 0. The van der Waals surface area contributed by atoms with Crippen molar-refractivity contribution >= 4 is 27.3 Å². The summed E-state index contributed by atoms with van der Waals surface area (Å²) in [6.45, 7) is 3.96. The van der Waals surface area contributed by atoms with E-state index in [1.54, 1.807) is 24.3 Å². The van der Waals surface area contributed by atoms with E-state index in [2.05, 4.69) is 5.32 Å². The molecular weight excluding hydrogens is 355 g/mol. The molecule has 2 rings (SSSR count). The molecule has 2 aromatic carbocycles. The average molecular weight is 378 g/mol. The number of rotatable bonds is 7. The lowest BCUT2D eigenvalue weighted by atomic mass is 10.1. The summed E-state index contributed by atoms with van der Waals surface area (Å²) in [5, 5.41) is 2.50. The fourth-order valence-electron chi connectivity index (χ4n) is 2.63. The van der Waals surface area contributed by atoms with Crippen molar-refractivity contribution < 1.29 is 17.6 Å². The minimum Gasteiger partial charge on any atom is -0.324 e. The smallest absolute Gasteiger partial charge is 0.232 e. The second-order valence-corrected chi connectivity index (χ2v) is 8.09. The van der Waals surface area contributed by atoms with Gasteiger partial charge in [0, 0.05) is 13.0 Å². The molecule has 0 heterocycles. The second-order valence-electron chi connectivity index (χ2n) is 6.19. The SMILES string of the molecule is Cc1cccc(N(CCCC(=O)Nc2ccccc2F)S(C)(=O)=O)c1C. The first kappa shape index (κ1) is 19.9. The minimum atomic E-state index is -3.48. The van der Waals surface area contributed by atoms with Crippen molar-refractivity contribution in [2.75, 3.05) is 22.4 Å². The zero-order chi connectivity index (χ0) is 19.3. The number of benzene rings is 2. The zero-order valence-electron chi connectivity index (χ0n) is 15.1. The molecular formula is C19H23FN2O3S. The molecule has 26 heavy (non-hydrogen) atoms. The number of halogens is 1. The summed E-state index contributed by atoms with van der Waals surface area (Å²) in [6.07, 6.45) is 1.56. The van der Waals surface area contributed by atoms with Gasteiger partial charge in [-0.05, 0) is 49.6 Å². The van der Waals surface area contributed by atoms with Crippen molar-refractivity contribution in [1.29, 1.82) is 0 Å². The van der Waals surface area contributed by atoms with Crippen molar-refractivity contribution in [2.24, 2.45) is 0 Å². The van der Waals surface area contributed by atoms with Crippen LogP contribution in [0.3, 0.4) is 0 Å². The molecule has 0 fully saturated rings. The Morgan fingerprint density at radius 1 is 1.12 bits per heavy atom. The summed E-state index contributed by atoms with van der Waals surface area (Å²) in [7, 11) is -3.48. The highest BCUT2D eigenvalue weighted by Gasteiger charge is 2.20. The van der Waals surface area contributed by atoms with E-state index in [1.807, 2.05) is 19.9 Å². The van der Waals surface area contributed by atoms with E-state index in [9.17, 15) is 17.6 Å². The number of aryl methyl sites for hydroxylation is 1. The molecule has 0 bridgehead atoms. The Kier molecular flexibility index (Phi) is 6.37. The van der Waals surface area contributed by atoms with E-state index in [4.69, 9.17) is 0 Å². The first-order valence-corrected chi connectivity index (χ1v) is 10.1. The van der Waals surface area contributed by atoms with Gasteiger partial charge >= 0.3 is 0 Å². The lowest BCUT2D eigenvalue weighted by Crippen LogP contribution is -2.32. The van der Waals surface area contributed by atoms with Crippen molar-refractivity contribution in [3.63, 3.8) is 0 Å². The highest BCUT2D eigenvalue weighted by molar-refractivity contribution is 7.92. The van der Waals surface area contributed by atoms with Crippen LogP contribution in [0.15, 0.2) is 42.5 Å². The number of para-hydroxylation sites is 1. The van der Waals surface area contributed by atoms with Gasteiger partial charge in [0.25, 0.3) is 0 Å². The Labute approximate surface area is 153 Å². The van der Waals surface area contributed by atoms with Crippen LogP contribution < -0.4 is 9.62 Å². The third kappa shape index (κ3) is 5.05. The topological polar surface area (TPSA) is 66.5 Å². The van der Waals surface area contributed by atoms with E-state index in [0.29, 0.717) is 12.1 Å². The van der Waals surface area contributed by atoms with E-state index in [-0.39, 0.29) is 24.6 Å². The van der Waals surface area contributed by atoms with Gasteiger partial charge in [-0.15, -0.1) is 0 Å². The number of carbonyl (C=O) groups excluding carboxylic acids is 1. The highest BCUT2D eigenvalue weighted by Crippen LogP contribution is 2.25. The summed E-state index contributed by atoms with van der Waals surface area (Å²) in [6, 6.07) is 11.4. The summed E-state index contributed by atoms with van der Waals surface area (Å²) in [5.41, 5.74) is 2.61. The molecule has 0 aliphatic carbocycles. The van der Waals surface area contributed by atoms with Crippen LogP contribution in [0.4, 0.5) is 15.8 Å². The molecule has 0 spiro atoms. The summed E-state index contributed by atoms with van der Waals surface area (Å²) in [4.78, 5) is 12.0. The molecule has 0 unspecified atom stereocenters. The number of hydrogen-bond donors (Lipinski definition) is 1. The Morgan fingerprint density at radius 3 is 2.46 bits per heavy atom. The number of hydrogen-bond acceptors (Lipinski definition) is 3. The molecule has 0 aliphatic rings. The number of nitrogens with one attached hydrogen (secondary N) is 1. The lowest BCUT2D eigenvalue weighted by Gasteiger charge is -2.24. The second kappa shape index (κ2) is 8.31. The summed E-state index contributed by atoms with van der Waals surface area (Å²) in [5.74, 6) is -0.862. The summed E-state index contributed by atoms with van der Waals surface area (Å²) < 4.78 is 39.2. The third-order valence-electron chi connectivity index (χ3n) is 4.16. The fourth-order valence-corrected chi connectivity index (χ4v) is 3.65. The predicted molar refractivity (Wildman–Crippen MR) is 102 cm³/mol. The standard InChI is InChI=1S/C19H23FN2O3S/c1-14-8-6-11-18(15(14)2)22(26(3,24)25)13-7-12-19(23)21-17-10-5-4-9-16(17)20/h4-6,8-11H,7,12-13H2,1-3H3,(H,21,23). The third-order valence-corrected chi connectivity index (χ3v) is 5.34. The van der Waals surface area contributed by atoms with Crippen LogP contribution in [0, 0.1) is 19.7 Å². The fraction of sp³-hybridized carbons (Fsp3) is 0.316. The number of anilines is 2. The Bertz CT molecular complexity index is 897. The molecule has 7 heteroatoms. The number of sulfonamides is 1. The number of nitrogens with zero attached hydrogens (tertiary/aromatic N) is 1. The van der Waals surface area contributed by atoms with Crippen LogP contribution in [0.5, 0.6) is 0 Å². The van der Waals surface area contributed by atoms with Gasteiger partial charge in [-0.25, -0.2) is 12.8 Å². The van der Waals surface area contributed by atoms with Crippen molar-refractivity contribution in [1.82, 2.24) is 0 Å². The minimum absolute atomic E-state index is 0.0885. The number of carbonyl (C=O) groups is 1. The van der Waals surface area contributed by atoms with Crippen LogP contribution in [0.25, 0.3) is 0 Å². The van der Waals surface area contributed by atoms with Crippen molar-refractivity contribution in [3.05, 3.63) is 59.4 Å². The molecule has 0 saturated heterocycles. The quantitative estimate of drug-likeness (QED) is 0.800. The van der Waals surface area contributed by atoms with Gasteiger partial charge in [0.15, 0.2) is 0 Å². The normalized spacial score (nSPS) is 11.2. The molecule has 0 saturated carbocycles. The van der Waals surface area contributed by atoms with Crippen LogP contribution in [-0.4, -0.2) is 27.1 Å². The van der Waals surface area contributed by atoms with E-state index >= 15 is 0 Å². The monoisotopic (exact) mass is 378 g/mol. The van der Waals surface area contributed by atoms with Gasteiger partial charge < -0.3 is 5.32 Å². The van der Waals surface area contributed by atoms with E-state index in [0.717, 1.165) is 17.4 Å². The molecule has 0 atom stereocenters. The first-order chi connectivity index (χ1) is 12.2. The maximum atomic E-state index is 13.6. The highest BCUT2D eigenvalue weighted by atomic mass is 32.2. The molecule has 0 aliphatic heterocycles. The lowest BCUT2D eigenvalue weighted by molar-refractivity contribution is -0.116.